The highest BCUT2D eigenvalue weighted by atomic mass is 32.2. The van der Waals surface area contributed by atoms with Crippen LogP contribution in [0.3, 0.4) is 0 Å². The van der Waals surface area contributed by atoms with Gasteiger partial charge >= 0.3 is 0 Å². The molecule has 3 N–H and O–H groups in total. The molecule has 1 aromatic heterocycles. The first-order valence-electron chi connectivity index (χ1n) is 16.1. The van der Waals surface area contributed by atoms with Crippen LogP contribution in [0.2, 0.25) is 0 Å². The van der Waals surface area contributed by atoms with E-state index in [1.807, 2.05) is 23.6 Å². The number of hydrogen-bond acceptors (Lipinski definition) is 11. The van der Waals surface area contributed by atoms with Crippen molar-refractivity contribution in [1.82, 2.24) is 10.3 Å². The van der Waals surface area contributed by atoms with E-state index in [1.165, 1.54) is 50.5 Å². The van der Waals surface area contributed by atoms with Gasteiger partial charge in [0, 0.05) is 38.7 Å². The van der Waals surface area contributed by atoms with Crippen LogP contribution in [0, 0.1) is 0 Å². The Hall–Kier alpha value is -5.99. The Morgan fingerprint density at radius 2 is 1.42 bits per heavy atom. The van der Waals surface area contributed by atoms with Gasteiger partial charge in [0.1, 0.15) is 11.4 Å². The van der Waals surface area contributed by atoms with E-state index in [0.29, 0.717) is 56.4 Å². The van der Waals surface area contributed by atoms with Gasteiger partial charge in [-0.15, -0.1) is 23.1 Å². The topological polar surface area (TPSA) is 146 Å². The lowest BCUT2D eigenvalue weighted by atomic mass is 10.1. The normalized spacial score (nSPS) is 11.5. The van der Waals surface area contributed by atoms with Crippen molar-refractivity contribution < 1.29 is 38.1 Å². The van der Waals surface area contributed by atoms with Gasteiger partial charge in [-0.1, -0.05) is 24.3 Å². The third-order valence-electron chi connectivity index (χ3n) is 7.75. The monoisotopic (exact) mass is 754 g/mol. The summed E-state index contributed by atoms with van der Waals surface area (Å²) < 4.78 is 27.1. The molecule has 1 heterocycles. The van der Waals surface area contributed by atoms with Gasteiger partial charge in [0.05, 0.1) is 46.5 Å². The highest BCUT2D eigenvalue weighted by molar-refractivity contribution is 8.00. The van der Waals surface area contributed by atoms with Crippen molar-refractivity contribution >= 4 is 57.7 Å². The van der Waals surface area contributed by atoms with Gasteiger partial charge in [-0.2, -0.15) is 0 Å². The summed E-state index contributed by atoms with van der Waals surface area (Å²) in [5.41, 5.74) is 2.74. The zero-order valence-electron chi connectivity index (χ0n) is 29.8. The molecule has 0 aliphatic heterocycles. The van der Waals surface area contributed by atoms with Crippen molar-refractivity contribution in [3.63, 3.8) is 0 Å². The number of benzene rings is 4. The molecule has 0 fully saturated rings. The van der Waals surface area contributed by atoms with E-state index in [4.69, 9.17) is 23.7 Å². The Morgan fingerprint density at radius 3 is 2.11 bits per heavy atom. The van der Waals surface area contributed by atoms with E-state index in [2.05, 4.69) is 20.9 Å². The fourth-order valence-electron chi connectivity index (χ4n) is 5.03. The zero-order chi connectivity index (χ0) is 37.9. The van der Waals surface area contributed by atoms with Crippen molar-refractivity contribution in [3.8, 4) is 40.0 Å². The maximum absolute atomic E-state index is 13.8. The second-order valence-corrected chi connectivity index (χ2v) is 13.4. The standard InChI is InChI=1S/C39H38N4O8S2/c1-23(36(44)43-39-42-30(22-52-39)25-15-16-31(47-2)33(18-25)49-4)53-28-14-10-13-27(20-28)40-38(46)29(41-37(45)24-11-8-7-9-12-24)17-26-19-34(50-5)35(51-6)21-32(26)48-3/h7-23H,1-6H3,(H,40,46)(H,41,45)(H,42,43,44)/b29-17+. The van der Waals surface area contributed by atoms with Crippen molar-refractivity contribution in [1.29, 1.82) is 0 Å². The molecule has 0 saturated carbocycles. The lowest BCUT2D eigenvalue weighted by molar-refractivity contribution is -0.115. The summed E-state index contributed by atoms with van der Waals surface area (Å²) in [4.78, 5) is 45.5. The molecule has 3 amide bonds. The zero-order valence-corrected chi connectivity index (χ0v) is 31.5. The van der Waals surface area contributed by atoms with Crippen molar-refractivity contribution in [3.05, 3.63) is 107 Å². The number of nitrogens with one attached hydrogen (secondary N) is 3. The number of nitrogens with zero attached hydrogens (tertiary/aromatic N) is 1. The van der Waals surface area contributed by atoms with Crippen molar-refractivity contribution in [2.24, 2.45) is 0 Å². The average Bonchev–Trinajstić information content (AvgIpc) is 3.65. The maximum atomic E-state index is 13.8. The molecule has 4 aromatic carbocycles. The Bertz CT molecular complexity index is 2120. The number of amides is 3. The molecule has 1 atom stereocenters. The number of aromatic nitrogens is 1. The maximum Gasteiger partial charge on any atom is 0.272 e. The van der Waals surface area contributed by atoms with Gasteiger partial charge in [-0.05, 0) is 67.6 Å². The number of carbonyl (C=O) groups excluding carboxylic acids is 3. The molecule has 1 unspecified atom stereocenters. The lowest BCUT2D eigenvalue weighted by Crippen LogP contribution is -2.30. The molecule has 5 rings (SSSR count). The summed E-state index contributed by atoms with van der Waals surface area (Å²) >= 11 is 2.62. The minimum Gasteiger partial charge on any atom is -0.496 e. The van der Waals surface area contributed by atoms with Gasteiger partial charge < -0.3 is 39.6 Å². The number of rotatable bonds is 15. The summed E-state index contributed by atoms with van der Waals surface area (Å²) in [5.74, 6) is 1.11. The summed E-state index contributed by atoms with van der Waals surface area (Å²) in [5, 5.41) is 10.3. The quantitative estimate of drug-likeness (QED) is 0.0731. The van der Waals surface area contributed by atoms with E-state index in [0.717, 1.165) is 10.5 Å². The van der Waals surface area contributed by atoms with E-state index in [-0.39, 0.29) is 11.6 Å². The second-order valence-electron chi connectivity index (χ2n) is 11.2. The van der Waals surface area contributed by atoms with Crippen LogP contribution < -0.4 is 39.6 Å². The number of thioether (sulfide) groups is 1. The Labute approximate surface area is 315 Å². The number of carbonyl (C=O) groups is 3. The summed E-state index contributed by atoms with van der Waals surface area (Å²) in [6, 6.07) is 24.4. The molecular formula is C39H38N4O8S2. The van der Waals surface area contributed by atoms with Crippen LogP contribution in [0.15, 0.2) is 101 Å². The molecule has 14 heteroatoms. The average molecular weight is 755 g/mol. The molecule has 53 heavy (non-hydrogen) atoms. The predicted molar refractivity (Wildman–Crippen MR) is 208 cm³/mol. The summed E-state index contributed by atoms with van der Waals surface area (Å²) in [7, 11) is 7.62. The van der Waals surface area contributed by atoms with Crippen molar-refractivity contribution in [2.45, 2.75) is 17.1 Å². The molecule has 12 nitrogen and oxygen atoms in total. The van der Waals surface area contributed by atoms with E-state index < -0.39 is 17.1 Å². The Balaban J connectivity index is 1.31. The Morgan fingerprint density at radius 1 is 0.736 bits per heavy atom. The Kier molecular flexibility index (Phi) is 13.0. The molecule has 0 aliphatic rings. The number of thiazole rings is 1. The molecule has 0 radical (unpaired) electrons. The largest absolute Gasteiger partial charge is 0.496 e. The highest BCUT2D eigenvalue weighted by Crippen LogP contribution is 2.36. The first-order valence-corrected chi connectivity index (χ1v) is 17.9. The van der Waals surface area contributed by atoms with Gasteiger partial charge in [0.15, 0.2) is 28.1 Å². The van der Waals surface area contributed by atoms with Gasteiger partial charge in [0.2, 0.25) is 5.91 Å². The van der Waals surface area contributed by atoms with E-state index in [9.17, 15) is 14.4 Å². The number of hydrogen-bond donors (Lipinski definition) is 3. The molecule has 0 bridgehead atoms. The highest BCUT2D eigenvalue weighted by Gasteiger charge is 2.20. The third kappa shape index (κ3) is 9.67. The van der Waals surface area contributed by atoms with Crippen LogP contribution in [-0.4, -0.2) is 63.5 Å². The van der Waals surface area contributed by atoms with Crippen LogP contribution in [0.5, 0.6) is 28.7 Å². The lowest BCUT2D eigenvalue weighted by Gasteiger charge is -2.15. The van der Waals surface area contributed by atoms with E-state index in [1.54, 1.807) is 87.9 Å². The first kappa shape index (κ1) is 38.2. The van der Waals surface area contributed by atoms with Gasteiger partial charge in [-0.25, -0.2) is 4.98 Å². The molecule has 0 saturated heterocycles. The summed E-state index contributed by atoms with van der Waals surface area (Å²) in [6.45, 7) is 1.78. The smallest absolute Gasteiger partial charge is 0.272 e. The molecule has 274 valence electrons. The number of anilines is 2. The number of methoxy groups -OCH3 is 5. The van der Waals surface area contributed by atoms with Gasteiger partial charge in [-0.3, -0.25) is 14.4 Å². The minimum atomic E-state index is -0.590. The fraction of sp³-hybridized carbons (Fsp3) is 0.179. The van der Waals surface area contributed by atoms with Gasteiger partial charge in [0.25, 0.3) is 11.8 Å². The second kappa shape index (κ2) is 18.0. The van der Waals surface area contributed by atoms with E-state index >= 15 is 0 Å². The van der Waals surface area contributed by atoms with Crippen LogP contribution in [-0.2, 0) is 9.59 Å². The third-order valence-corrected chi connectivity index (χ3v) is 9.60. The first-order chi connectivity index (χ1) is 25.7. The molecule has 5 aromatic rings. The molecule has 0 aliphatic carbocycles. The number of ether oxygens (including phenoxy) is 5. The van der Waals surface area contributed by atoms with Crippen LogP contribution in [0.4, 0.5) is 10.8 Å². The van der Waals surface area contributed by atoms with Crippen LogP contribution in [0.25, 0.3) is 17.3 Å². The summed E-state index contributed by atoms with van der Waals surface area (Å²) in [6.07, 6.45) is 1.50. The fourth-order valence-corrected chi connectivity index (χ4v) is 6.68. The van der Waals surface area contributed by atoms with Crippen molar-refractivity contribution in [2.75, 3.05) is 46.2 Å². The molecule has 0 spiro atoms. The van der Waals surface area contributed by atoms with Crippen LogP contribution >= 0.6 is 23.1 Å². The van der Waals surface area contributed by atoms with Crippen LogP contribution in [0.1, 0.15) is 22.8 Å². The SMILES string of the molecule is COc1cc(OC)c(OC)cc1/C=C(/NC(=O)c1ccccc1)C(=O)Nc1cccc(SC(C)C(=O)Nc2nc(-c3ccc(OC)c(OC)c3)cs2)c1. The predicted octanol–water partition coefficient (Wildman–Crippen LogP) is 7.38. The minimum absolute atomic E-state index is 0.0499. The molecular weight excluding hydrogens is 717 g/mol.